The number of nitrogens with two attached hydrogens (primary N) is 1. The summed E-state index contributed by atoms with van der Waals surface area (Å²) in [6.45, 7) is 10.8. The molecule has 1 saturated heterocycles. The number of nitrogen functional groups attached to an aromatic ring is 1. The predicted octanol–water partition coefficient (Wildman–Crippen LogP) is 0.397. The van der Waals surface area contributed by atoms with E-state index in [9.17, 15) is 9.59 Å². The normalized spacial score (nSPS) is 25.2. The van der Waals surface area contributed by atoms with Gasteiger partial charge in [0.25, 0.3) is 5.56 Å². The van der Waals surface area contributed by atoms with Gasteiger partial charge in [-0.1, -0.05) is 13.1 Å². The molecule has 0 bridgehead atoms. The average Bonchev–Trinajstić information content (AvgIpc) is 2.87. The summed E-state index contributed by atoms with van der Waals surface area (Å²) in [6.07, 6.45) is 2.99. The molecular formula is C15H27N3O4Si. The minimum atomic E-state index is -1.44. The van der Waals surface area contributed by atoms with E-state index in [1.54, 1.807) is 0 Å². The second-order valence-corrected chi connectivity index (χ2v) is 10.6. The molecule has 1 aliphatic heterocycles. The Kier molecular flexibility index (Phi) is 4.88. The highest BCUT2D eigenvalue weighted by Gasteiger charge is 2.46. The molecule has 1 aromatic rings. The van der Waals surface area contributed by atoms with Gasteiger partial charge in [-0.2, -0.15) is 4.68 Å². The first-order chi connectivity index (χ1) is 10.6. The molecule has 2 rings (SSSR count). The second-order valence-electron chi connectivity index (χ2n) is 7.38. The molecular weight excluding hydrogens is 314 g/mol. The smallest absolute Gasteiger partial charge is 0.351 e. The Bertz CT molecular complexity index is 677. The van der Waals surface area contributed by atoms with Crippen LogP contribution in [0.2, 0.25) is 13.1 Å². The fourth-order valence-corrected chi connectivity index (χ4v) is 4.86. The van der Waals surface area contributed by atoms with Crippen molar-refractivity contribution >= 4 is 8.80 Å². The molecule has 1 aliphatic rings. The monoisotopic (exact) mass is 341 g/mol. The summed E-state index contributed by atoms with van der Waals surface area (Å²) in [6, 6.07) is 1.31. The van der Waals surface area contributed by atoms with E-state index in [0.717, 1.165) is 12.8 Å². The second kappa shape index (κ2) is 6.25. The summed E-state index contributed by atoms with van der Waals surface area (Å²) in [5.41, 5.74) is -1.28. The summed E-state index contributed by atoms with van der Waals surface area (Å²) in [5.74, 6) is 5.57. The SMILES string of the molecule is C[SiH](C)[C@]1(n2ccc(=O)n(N)c2=O)CC[C@@H](COC(C)(C)C)O1. The van der Waals surface area contributed by atoms with Gasteiger partial charge in [-0.05, 0) is 33.6 Å². The maximum Gasteiger partial charge on any atom is 0.351 e. The molecule has 0 radical (unpaired) electrons. The summed E-state index contributed by atoms with van der Waals surface area (Å²) in [7, 11) is -1.44. The molecule has 0 saturated carbocycles. The van der Waals surface area contributed by atoms with Crippen LogP contribution in [0, 0.1) is 0 Å². The molecule has 23 heavy (non-hydrogen) atoms. The standard InChI is InChI=1S/C15H27N3O4Si/c1-14(2,3)21-10-11-6-8-15(22-11,23(4)5)17-9-7-12(19)18(16)13(17)20/h7,9,11,23H,6,8,10,16H2,1-5H3/t11-,15-/m0/s1. The van der Waals surface area contributed by atoms with Crippen LogP contribution in [-0.4, -0.2) is 36.4 Å². The third-order valence-corrected chi connectivity index (χ3v) is 6.73. The number of ether oxygens (including phenoxy) is 2. The minimum absolute atomic E-state index is 0.0609. The Hall–Kier alpha value is -1.38. The molecule has 0 aliphatic carbocycles. The Morgan fingerprint density at radius 1 is 1.43 bits per heavy atom. The molecule has 2 N–H and O–H groups in total. The largest absolute Gasteiger partial charge is 0.373 e. The van der Waals surface area contributed by atoms with Crippen molar-refractivity contribution in [3.8, 4) is 0 Å². The van der Waals surface area contributed by atoms with Crippen LogP contribution in [0.4, 0.5) is 0 Å². The summed E-state index contributed by atoms with van der Waals surface area (Å²) in [5, 5.41) is -0.669. The third-order valence-electron chi connectivity index (χ3n) is 4.22. The highest BCUT2D eigenvalue weighted by Crippen LogP contribution is 2.36. The number of aromatic nitrogens is 2. The number of hydrogen-bond donors (Lipinski definition) is 1. The van der Waals surface area contributed by atoms with Crippen molar-refractivity contribution in [1.82, 2.24) is 9.24 Å². The molecule has 2 heterocycles. The van der Waals surface area contributed by atoms with Gasteiger partial charge in [0.05, 0.1) is 27.1 Å². The van der Waals surface area contributed by atoms with Gasteiger partial charge < -0.3 is 15.3 Å². The topological polar surface area (TPSA) is 88.5 Å². The molecule has 0 amide bonds. The zero-order chi connectivity index (χ0) is 17.4. The minimum Gasteiger partial charge on any atom is -0.373 e. The first kappa shape index (κ1) is 18.0. The number of hydrogen-bond acceptors (Lipinski definition) is 5. The Morgan fingerprint density at radius 3 is 2.65 bits per heavy atom. The van der Waals surface area contributed by atoms with E-state index in [-0.39, 0.29) is 11.7 Å². The maximum atomic E-state index is 12.4. The van der Waals surface area contributed by atoms with Gasteiger partial charge in [-0.25, -0.2) is 4.79 Å². The number of nitrogens with zero attached hydrogens (tertiary/aromatic N) is 2. The zero-order valence-corrected chi connectivity index (χ0v) is 15.7. The average molecular weight is 341 g/mol. The molecule has 7 nitrogen and oxygen atoms in total. The van der Waals surface area contributed by atoms with Crippen LogP contribution in [0.1, 0.15) is 33.6 Å². The predicted molar refractivity (Wildman–Crippen MR) is 91.8 cm³/mol. The van der Waals surface area contributed by atoms with E-state index in [4.69, 9.17) is 15.3 Å². The lowest BCUT2D eigenvalue weighted by atomic mass is 10.2. The van der Waals surface area contributed by atoms with Gasteiger partial charge in [0.2, 0.25) is 0 Å². The van der Waals surface area contributed by atoms with E-state index in [1.807, 2.05) is 20.8 Å². The van der Waals surface area contributed by atoms with Gasteiger partial charge in [-0.15, -0.1) is 0 Å². The van der Waals surface area contributed by atoms with E-state index in [2.05, 4.69) is 13.1 Å². The number of rotatable bonds is 4. The van der Waals surface area contributed by atoms with Gasteiger partial charge in [0, 0.05) is 12.3 Å². The highest BCUT2D eigenvalue weighted by molar-refractivity contribution is 6.58. The molecule has 0 spiro atoms. The fourth-order valence-electron chi connectivity index (χ4n) is 2.90. The van der Waals surface area contributed by atoms with Crippen LogP contribution in [0.5, 0.6) is 0 Å². The van der Waals surface area contributed by atoms with Gasteiger partial charge in [-0.3, -0.25) is 9.36 Å². The summed E-state index contributed by atoms with van der Waals surface area (Å²) in [4.78, 5) is 24.0. The lowest BCUT2D eigenvalue weighted by Crippen LogP contribution is -2.55. The third kappa shape index (κ3) is 3.59. The Morgan fingerprint density at radius 2 is 2.09 bits per heavy atom. The van der Waals surface area contributed by atoms with Crippen molar-refractivity contribution in [2.45, 2.75) is 63.8 Å². The van der Waals surface area contributed by atoms with Crippen molar-refractivity contribution in [3.05, 3.63) is 33.1 Å². The first-order valence-corrected chi connectivity index (χ1v) is 10.9. The lowest BCUT2D eigenvalue weighted by molar-refractivity contribution is -0.102. The van der Waals surface area contributed by atoms with E-state index < -0.39 is 25.4 Å². The molecule has 1 aromatic heterocycles. The lowest BCUT2D eigenvalue weighted by Gasteiger charge is -2.35. The van der Waals surface area contributed by atoms with Crippen LogP contribution >= 0.6 is 0 Å². The molecule has 8 heteroatoms. The van der Waals surface area contributed by atoms with Gasteiger partial charge >= 0.3 is 5.69 Å². The van der Waals surface area contributed by atoms with Crippen LogP contribution < -0.4 is 17.1 Å². The van der Waals surface area contributed by atoms with Crippen molar-refractivity contribution in [1.29, 1.82) is 0 Å². The fraction of sp³-hybridized carbons (Fsp3) is 0.733. The molecule has 130 valence electrons. The van der Waals surface area contributed by atoms with Crippen molar-refractivity contribution in [3.63, 3.8) is 0 Å². The molecule has 2 atom stereocenters. The van der Waals surface area contributed by atoms with E-state index in [1.165, 1.54) is 16.8 Å². The molecule has 0 unspecified atom stereocenters. The van der Waals surface area contributed by atoms with Crippen LogP contribution in [0.25, 0.3) is 0 Å². The first-order valence-electron chi connectivity index (χ1n) is 7.99. The molecule has 1 fully saturated rings. The van der Waals surface area contributed by atoms with Crippen molar-refractivity contribution in [2.24, 2.45) is 0 Å². The highest BCUT2D eigenvalue weighted by atomic mass is 28.3. The van der Waals surface area contributed by atoms with Crippen LogP contribution in [0.3, 0.4) is 0 Å². The van der Waals surface area contributed by atoms with Crippen LogP contribution in [-0.2, 0) is 14.8 Å². The van der Waals surface area contributed by atoms with Crippen molar-refractivity contribution < 1.29 is 9.47 Å². The summed E-state index contributed by atoms with van der Waals surface area (Å²) >= 11 is 0. The van der Waals surface area contributed by atoms with Crippen LogP contribution in [0.15, 0.2) is 21.9 Å². The van der Waals surface area contributed by atoms with E-state index in [0.29, 0.717) is 11.3 Å². The Balaban J connectivity index is 2.31. The zero-order valence-electron chi connectivity index (χ0n) is 14.5. The van der Waals surface area contributed by atoms with E-state index >= 15 is 0 Å². The Labute approximate surface area is 137 Å². The quantitative estimate of drug-likeness (QED) is 0.632. The molecule has 0 aromatic carbocycles. The maximum absolute atomic E-state index is 12.4. The van der Waals surface area contributed by atoms with Gasteiger partial charge in [0.1, 0.15) is 5.35 Å². The van der Waals surface area contributed by atoms with Gasteiger partial charge in [0.15, 0.2) is 0 Å². The van der Waals surface area contributed by atoms with Crippen molar-refractivity contribution in [2.75, 3.05) is 12.4 Å². The summed E-state index contributed by atoms with van der Waals surface area (Å²) < 4.78 is 14.3.